The molecule has 1 aliphatic rings. The number of aromatic nitrogens is 2. The van der Waals surface area contributed by atoms with Crippen LogP contribution in [-0.2, 0) is 22.4 Å². The van der Waals surface area contributed by atoms with Crippen LogP contribution in [0.15, 0.2) is 35.1 Å². The number of carbonyl (C=O) groups is 1. The highest BCUT2D eigenvalue weighted by molar-refractivity contribution is 5.73. The number of aromatic amines is 1. The first-order valence-corrected chi connectivity index (χ1v) is 6.94. The van der Waals surface area contributed by atoms with Gasteiger partial charge in [0, 0.05) is 17.5 Å². The minimum atomic E-state index is -0.232. The van der Waals surface area contributed by atoms with Gasteiger partial charge in [-0.25, -0.2) is 4.98 Å². The summed E-state index contributed by atoms with van der Waals surface area (Å²) < 4.78 is 4.80. The molecule has 0 aliphatic heterocycles. The molecule has 0 amide bonds. The summed E-state index contributed by atoms with van der Waals surface area (Å²) in [6.45, 7) is 0. The van der Waals surface area contributed by atoms with Gasteiger partial charge in [0.25, 0.3) is 5.56 Å². The molecule has 1 atom stereocenters. The summed E-state index contributed by atoms with van der Waals surface area (Å²) in [5, 5.41) is 0. The van der Waals surface area contributed by atoms with Crippen LogP contribution in [0.25, 0.3) is 11.4 Å². The van der Waals surface area contributed by atoms with Crippen LogP contribution in [-0.4, -0.2) is 23.0 Å². The average Bonchev–Trinajstić information content (AvgIpc) is 2.54. The first-order chi connectivity index (χ1) is 10.2. The number of hydrogen-bond acceptors (Lipinski definition) is 4. The van der Waals surface area contributed by atoms with E-state index in [1.54, 1.807) is 0 Å². The van der Waals surface area contributed by atoms with E-state index in [2.05, 4.69) is 9.97 Å². The molecule has 1 N–H and O–H groups in total. The zero-order valence-corrected chi connectivity index (χ0v) is 11.8. The van der Waals surface area contributed by atoms with Gasteiger partial charge in [-0.15, -0.1) is 0 Å². The fourth-order valence-electron chi connectivity index (χ4n) is 2.73. The largest absolute Gasteiger partial charge is 0.469 e. The molecular formula is C16H16N2O3. The van der Waals surface area contributed by atoms with Crippen LogP contribution in [0.2, 0.25) is 0 Å². The van der Waals surface area contributed by atoms with Gasteiger partial charge < -0.3 is 9.72 Å². The lowest BCUT2D eigenvalue weighted by molar-refractivity contribution is -0.145. The lowest BCUT2D eigenvalue weighted by atomic mass is 9.87. The number of methoxy groups -OCH3 is 1. The number of benzene rings is 1. The van der Waals surface area contributed by atoms with Crippen LogP contribution in [0.5, 0.6) is 0 Å². The highest BCUT2D eigenvalue weighted by atomic mass is 16.5. The molecule has 21 heavy (non-hydrogen) atoms. The van der Waals surface area contributed by atoms with Crippen LogP contribution in [0.4, 0.5) is 0 Å². The Hall–Kier alpha value is -2.43. The van der Waals surface area contributed by atoms with E-state index in [9.17, 15) is 9.59 Å². The van der Waals surface area contributed by atoms with Crippen molar-refractivity contribution in [3.05, 3.63) is 51.9 Å². The van der Waals surface area contributed by atoms with Gasteiger partial charge in [0.1, 0.15) is 5.82 Å². The van der Waals surface area contributed by atoms with E-state index < -0.39 is 0 Å². The standard InChI is InChI=1S/C16H16N2O3/c1-21-16(20)11-7-8-12-13(9-11)17-14(18-15(12)19)10-5-3-2-4-6-10/h2-6,11H,7-9H2,1H3,(H,17,18,19)/t11-/m1/s1. The molecule has 3 rings (SSSR count). The molecule has 0 radical (unpaired) electrons. The molecule has 1 aliphatic carbocycles. The molecule has 0 bridgehead atoms. The number of fused-ring (bicyclic) bond motifs is 1. The van der Waals surface area contributed by atoms with Gasteiger partial charge >= 0.3 is 5.97 Å². The van der Waals surface area contributed by atoms with E-state index in [-0.39, 0.29) is 17.4 Å². The van der Waals surface area contributed by atoms with Crippen molar-refractivity contribution >= 4 is 5.97 Å². The van der Waals surface area contributed by atoms with Crippen molar-refractivity contribution in [2.24, 2.45) is 5.92 Å². The van der Waals surface area contributed by atoms with Crippen molar-refractivity contribution < 1.29 is 9.53 Å². The van der Waals surface area contributed by atoms with Gasteiger partial charge in [0.05, 0.1) is 18.7 Å². The molecule has 108 valence electrons. The third-order valence-corrected chi connectivity index (χ3v) is 3.87. The number of nitrogens with one attached hydrogen (secondary N) is 1. The Morgan fingerprint density at radius 1 is 1.33 bits per heavy atom. The summed E-state index contributed by atoms with van der Waals surface area (Å²) in [7, 11) is 1.39. The van der Waals surface area contributed by atoms with E-state index in [0.717, 1.165) is 5.56 Å². The van der Waals surface area contributed by atoms with Crippen molar-refractivity contribution in [1.82, 2.24) is 9.97 Å². The average molecular weight is 284 g/mol. The van der Waals surface area contributed by atoms with Crippen molar-refractivity contribution in [3.63, 3.8) is 0 Å². The molecule has 0 spiro atoms. The van der Waals surface area contributed by atoms with Gasteiger partial charge in [0.15, 0.2) is 0 Å². The minimum absolute atomic E-state index is 0.109. The molecule has 0 unspecified atom stereocenters. The number of H-pyrrole nitrogens is 1. The SMILES string of the molecule is COC(=O)[C@@H]1CCc2c(nc(-c3ccccc3)[nH]c2=O)C1. The number of carbonyl (C=O) groups excluding carboxylic acids is 1. The third kappa shape index (κ3) is 2.59. The van der Waals surface area contributed by atoms with Gasteiger partial charge in [-0.3, -0.25) is 9.59 Å². The van der Waals surface area contributed by atoms with Crippen LogP contribution < -0.4 is 5.56 Å². The van der Waals surface area contributed by atoms with Crippen molar-refractivity contribution in [1.29, 1.82) is 0 Å². The highest BCUT2D eigenvalue weighted by Gasteiger charge is 2.28. The summed E-state index contributed by atoms with van der Waals surface area (Å²) in [6, 6.07) is 9.49. The molecule has 0 saturated heterocycles. The Balaban J connectivity index is 2.01. The number of ether oxygens (including phenoxy) is 1. The molecule has 2 aromatic rings. The van der Waals surface area contributed by atoms with Crippen LogP contribution in [0.1, 0.15) is 17.7 Å². The predicted octanol–water partition coefficient (Wildman–Crippen LogP) is 1.71. The molecule has 0 fully saturated rings. The van der Waals surface area contributed by atoms with Crippen LogP contribution in [0, 0.1) is 5.92 Å². The van der Waals surface area contributed by atoms with Crippen molar-refractivity contribution in [2.75, 3.05) is 7.11 Å². The van der Waals surface area contributed by atoms with Gasteiger partial charge in [-0.1, -0.05) is 30.3 Å². The smallest absolute Gasteiger partial charge is 0.309 e. The lowest BCUT2D eigenvalue weighted by Gasteiger charge is -2.21. The predicted molar refractivity (Wildman–Crippen MR) is 77.8 cm³/mol. The first kappa shape index (κ1) is 13.5. The number of esters is 1. The molecule has 1 aromatic heterocycles. The zero-order chi connectivity index (χ0) is 14.8. The lowest BCUT2D eigenvalue weighted by Crippen LogP contribution is -2.29. The second kappa shape index (κ2) is 5.52. The number of nitrogens with zero attached hydrogens (tertiary/aromatic N) is 1. The van der Waals surface area contributed by atoms with Gasteiger partial charge in [-0.05, 0) is 12.8 Å². The molecule has 1 heterocycles. The maximum Gasteiger partial charge on any atom is 0.309 e. The Kier molecular flexibility index (Phi) is 3.56. The van der Waals surface area contributed by atoms with E-state index in [1.807, 2.05) is 30.3 Å². The summed E-state index contributed by atoms with van der Waals surface area (Å²) in [5.74, 6) is 0.106. The first-order valence-electron chi connectivity index (χ1n) is 6.94. The summed E-state index contributed by atoms with van der Waals surface area (Å²) in [6.07, 6.45) is 1.66. The van der Waals surface area contributed by atoms with Crippen LogP contribution >= 0.6 is 0 Å². The summed E-state index contributed by atoms with van der Waals surface area (Å²) in [4.78, 5) is 31.2. The maximum absolute atomic E-state index is 12.2. The normalized spacial score (nSPS) is 17.1. The second-order valence-corrected chi connectivity index (χ2v) is 5.17. The Morgan fingerprint density at radius 3 is 2.81 bits per heavy atom. The third-order valence-electron chi connectivity index (χ3n) is 3.87. The molecule has 5 heteroatoms. The molecule has 5 nitrogen and oxygen atoms in total. The molecule has 1 aromatic carbocycles. The fourth-order valence-corrected chi connectivity index (χ4v) is 2.73. The van der Waals surface area contributed by atoms with E-state index in [4.69, 9.17) is 4.74 Å². The number of rotatable bonds is 2. The Morgan fingerprint density at radius 2 is 2.10 bits per heavy atom. The van der Waals surface area contributed by atoms with E-state index in [0.29, 0.717) is 36.3 Å². The Labute approximate surface area is 122 Å². The van der Waals surface area contributed by atoms with Gasteiger partial charge in [-0.2, -0.15) is 0 Å². The van der Waals surface area contributed by atoms with E-state index in [1.165, 1.54) is 7.11 Å². The topological polar surface area (TPSA) is 72.0 Å². The fraction of sp³-hybridized carbons (Fsp3) is 0.312. The molecular weight excluding hydrogens is 268 g/mol. The Bertz CT molecular complexity index is 722. The maximum atomic E-state index is 12.2. The summed E-state index contributed by atoms with van der Waals surface area (Å²) >= 11 is 0. The second-order valence-electron chi connectivity index (χ2n) is 5.17. The van der Waals surface area contributed by atoms with Crippen molar-refractivity contribution in [3.8, 4) is 11.4 Å². The number of hydrogen-bond donors (Lipinski definition) is 1. The highest BCUT2D eigenvalue weighted by Crippen LogP contribution is 2.24. The van der Waals surface area contributed by atoms with Crippen molar-refractivity contribution in [2.45, 2.75) is 19.3 Å². The summed E-state index contributed by atoms with van der Waals surface area (Å²) in [5.41, 5.74) is 2.15. The van der Waals surface area contributed by atoms with Gasteiger partial charge in [0.2, 0.25) is 0 Å². The van der Waals surface area contributed by atoms with Crippen LogP contribution in [0.3, 0.4) is 0 Å². The zero-order valence-electron chi connectivity index (χ0n) is 11.8. The monoisotopic (exact) mass is 284 g/mol. The van der Waals surface area contributed by atoms with E-state index >= 15 is 0 Å². The molecule has 0 saturated carbocycles. The minimum Gasteiger partial charge on any atom is -0.469 e. The quantitative estimate of drug-likeness (QED) is 0.852.